The van der Waals surface area contributed by atoms with E-state index in [-0.39, 0.29) is 11.7 Å². The van der Waals surface area contributed by atoms with E-state index in [0.717, 1.165) is 43.5 Å². The molecule has 26 heavy (non-hydrogen) atoms. The normalized spacial score (nSPS) is 13.6. The highest BCUT2D eigenvalue weighted by molar-refractivity contribution is 5.33. The summed E-state index contributed by atoms with van der Waals surface area (Å²) in [5.41, 5.74) is 1.83. The molecule has 2 nitrogen and oxygen atoms in total. The maximum absolute atomic E-state index is 13.0. The molecule has 2 rings (SSSR count). The van der Waals surface area contributed by atoms with Crippen LogP contribution in [0, 0.1) is 23.1 Å². The number of hydrogen-bond donors (Lipinski definition) is 0. The first-order valence-corrected chi connectivity index (χ1v) is 9.37. The molecule has 0 N–H and O–H groups in total. The third kappa shape index (κ3) is 5.16. The van der Waals surface area contributed by atoms with Crippen molar-refractivity contribution >= 4 is 0 Å². The molecule has 0 saturated carbocycles. The average molecular weight is 352 g/mol. The second-order valence-corrected chi connectivity index (χ2v) is 7.39. The third-order valence-electron chi connectivity index (χ3n) is 5.28. The first kappa shape index (κ1) is 20.1. The van der Waals surface area contributed by atoms with E-state index in [1.807, 2.05) is 30.3 Å². The van der Waals surface area contributed by atoms with Crippen LogP contribution < -0.4 is 0 Å². The lowest BCUT2D eigenvalue weighted by atomic mass is 9.70. The van der Waals surface area contributed by atoms with Crippen molar-refractivity contribution in [3.05, 3.63) is 71.5 Å². The molecular formula is C23H29FN2. The van der Waals surface area contributed by atoms with Gasteiger partial charge in [0.25, 0.3) is 0 Å². The van der Waals surface area contributed by atoms with Crippen molar-refractivity contribution in [1.29, 1.82) is 5.26 Å². The van der Waals surface area contributed by atoms with Gasteiger partial charge in [-0.2, -0.15) is 5.26 Å². The van der Waals surface area contributed by atoms with E-state index in [1.54, 1.807) is 0 Å². The summed E-state index contributed by atoms with van der Waals surface area (Å²) in [7, 11) is 2.11. The Labute approximate surface area is 157 Å². The molecule has 0 aromatic heterocycles. The summed E-state index contributed by atoms with van der Waals surface area (Å²) in [6.45, 7) is 6.14. The Kier molecular flexibility index (Phi) is 7.36. The van der Waals surface area contributed by atoms with Crippen LogP contribution in [0.15, 0.2) is 54.6 Å². The van der Waals surface area contributed by atoms with Crippen LogP contribution in [0.25, 0.3) is 0 Å². The van der Waals surface area contributed by atoms with Crippen LogP contribution in [0.1, 0.15) is 37.8 Å². The van der Waals surface area contributed by atoms with Crippen LogP contribution in [-0.4, -0.2) is 25.0 Å². The second-order valence-electron chi connectivity index (χ2n) is 7.39. The van der Waals surface area contributed by atoms with E-state index < -0.39 is 5.41 Å². The number of benzene rings is 2. The van der Waals surface area contributed by atoms with Gasteiger partial charge in [0.2, 0.25) is 0 Å². The van der Waals surface area contributed by atoms with Crippen LogP contribution in [0.5, 0.6) is 0 Å². The Morgan fingerprint density at radius 3 is 2.27 bits per heavy atom. The van der Waals surface area contributed by atoms with Gasteiger partial charge in [-0.25, -0.2) is 4.39 Å². The fourth-order valence-electron chi connectivity index (χ4n) is 3.46. The lowest BCUT2D eigenvalue weighted by Crippen LogP contribution is -2.32. The molecule has 0 aliphatic carbocycles. The number of likely N-dealkylation sites (N-methyl/N-ethyl adjacent to an activating group) is 1. The highest BCUT2D eigenvalue weighted by atomic mass is 19.1. The van der Waals surface area contributed by atoms with E-state index in [0.29, 0.717) is 0 Å². The van der Waals surface area contributed by atoms with E-state index in [4.69, 9.17) is 0 Å². The van der Waals surface area contributed by atoms with Crippen molar-refractivity contribution in [1.82, 2.24) is 4.90 Å². The van der Waals surface area contributed by atoms with Gasteiger partial charge in [-0.05, 0) is 62.0 Å². The Morgan fingerprint density at radius 1 is 1.04 bits per heavy atom. The molecule has 0 spiro atoms. The maximum Gasteiger partial charge on any atom is 0.123 e. The average Bonchev–Trinajstić information content (AvgIpc) is 2.65. The summed E-state index contributed by atoms with van der Waals surface area (Å²) in [5, 5.41) is 9.95. The minimum absolute atomic E-state index is 0.190. The Morgan fingerprint density at radius 2 is 1.69 bits per heavy atom. The topological polar surface area (TPSA) is 27.0 Å². The summed E-state index contributed by atoms with van der Waals surface area (Å²) in [6.07, 6.45) is 2.73. The third-order valence-corrected chi connectivity index (χ3v) is 5.28. The number of rotatable bonds is 9. The molecule has 0 aliphatic heterocycles. The number of halogens is 1. The van der Waals surface area contributed by atoms with Gasteiger partial charge < -0.3 is 4.90 Å². The van der Waals surface area contributed by atoms with Crippen molar-refractivity contribution in [3.63, 3.8) is 0 Å². The predicted octanol–water partition coefficient (Wildman–Crippen LogP) is 5.20. The summed E-state index contributed by atoms with van der Waals surface area (Å²) >= 11 is 0. The zero-order chi connectivity index (χ0) is 19.0. The van der Waals surface area contributed by atoms with E-state index in [9.17, 15) is 9.65 Å². The molecule has 2 aromatic carbocycles. The first-order valence-electron chi connectivity index (χ1n) is 9.37. The monoisotopic (exact) mass is 352 g/mol. The molecule has 0 saturated heterocycles. The van der Waals surface area contributed by atoms with Crippen LogP contribution in [0.3, 0.4) is 0 Å². The molecule has 0 amide bonds. The Hall–Kier alpha value is -2.18. The molecule has 2 aromatic rings. The molecule has 0 aliphatic rings. The van der Waals surface area contributed by atoms with Crippen molar-refractivity contribution < 1.29 is 4.39 Å². The van der Waals surface area contributed by atoms with Crippen molar-refractivity contribution in [3.8, 4) is 6.07 Å². The highest BCUT2D eigenvalue weighted by Crippen LogP contribution is 2.36. The van der Waals surface area contributed by atoms with Crippen molar-refractivity contribution in [2.75, 3.05) is 20.1 Å². The largest absolute Gasteiger partial charge is 0.306 e. The highest BCUT2D eigenvalue weighted by Gasteiger charge is 2.35. The Balaban J connectivity index is 1.89. The van der Waals surface area contributed by atoms with Gasteiger partial charge in [0.15, 0.2) is 0 Å². The van der Waals surface area contributed by atoms with Crippen molar-refractivity contribution in [2.24, 2.45) is 5.92 Å². The quantitative estimate of drug-likeness (QED) is 0.620. The van der Waals surface area contributed by atoms with Gasteiger partial charge in [0.1, 0.15) is 5.82 Å². The molecule has 0 radical (unpaired) electrons. The fourth-order valence-corrected chi connectivity index (χ4v) is 3.46. The zero-order valence-electron chi connectivity index (χ0n) is 16.1. The lowest BCUT2D eigenvalue weighted by Gasteiger charge is -2.32. The zero-order valence-corrected chi connectivity index (χ0v) is 16.1. The first-order chi connectivity index (χ1) is 12.5. The van der Waals surface area contributed by atoms with Gasteiger partial charge in [-0.1, -0.05) is 56.3 Å². The van der Waals surface area contributed by atoms with E-state index in [2.05, 4.69) is 44.0 Å². The maximum atomic E-state index is 13.0. The minimum atomic E-state index is -0.431. The molecular weight excluding hydrogens is 323 g/mol. The van der Waals surface area contributed by atoms with Gasteiger partial charge in [0.05, 0.1) is 11.5 Å². The summed E-state index contributed by atoms with van der Waals surface area (Å²) < 4.78 is 13.0. The van der Waals surface area contributed by atoms with E-state index >= 15 is 0 Å². The number of hydrogen-bond acceptors (Lipinski definition) is 2. The molecule has 1 atom stereocenters. The molecule has 0 unspecified atom stereocenters. The van der Waals surface area contributed by atoms with Crippen molar-refractivity contribution in [2.45, 2.75) is 38.5 Å². The van der Waals surface area contributed by atoms with Gasteiger partial charge >= 0.3 is 0 Å². The second kappa shape index (κ2) is 9.50. The van der Waals surface area contributed by atoms with Gasteiger partial charge in [-0.15, -0.1) is 0 Å². The van der Waals surface area contributed by atoms with E-state index in [1.165, 1.54) is 12.1 Å². The molecule has 3 heteroatoms. The summed E-state index contributed by atoms with van der Waals surface area (Å²) in [6, 6.07) is 19.5. The van der Waals surface area contributed by atoms with Crippen LogP contribution in [0.2, 0.25) is 0 Å². The molecule has 0 fully saturated rings. The minimum Gasteiger partial charge on any atom is -0.306 e. The molecule has 0 bridgehead atoms. The molecule has 138 valence electrons. The smallest absolute Gasteiger partial charge is 0.123 e. The lowest BCUT2D eigenvalue weighted by molar-refractivity contribution is 0.294. The SMILES string of the molecule is CC(C)[C@@](C#N)(CCCN(C)CCc1ccc(F)cc1)c1ccccc1. The summed E-state index contributed by atoms with van der Waals surface area (Å²) in [5.74, 6) is 0.0731. The predicted molar refractivity (Wildman–Crippen MR) is 105 cm³/mol. The van der Waals surface area contributed by atoms with Crippen LogP contribution in [0.4, 0.5) is 4.39 Å². The fraction of sp³-hybridized carbons (Fsp3) is 0.435. The standard InChI is InChI=1S/C23H29FN2/c1-19(2)23(18-25,21-8-5-4-6-9-21)15-7-16-26(3)17-14-20-10-12-22(24)13-11-20/h4-6,8-13,19H,7,14-17H2,1-3H3/t23-/m0/s1. The van der Waals surface area contributed by atoms with Crippen LogP contribution >= 0.6 is 0 Å². The Bertz CT molecular complexity index is 703. The van der Waals surface area contributed by atoms with Crippen LogP contribution in [-0.2, 0) is 11.8 Å². The molecule has 0 heterocycles. The van der Waals surface area contributed by atoms with Gasteiger partial charge in [0, 0.05) is 6.54 Å². The number of nitrogens with zero attached hydrogens (tertiary/aromatic N) is 2. The number of nitriles is 1. The summed E-state index contributed by atoms with van der Waals surface area (Å²) in [4.78, 5) is 2.29. The van der Waals surface area contributed by atoms with Gasteiger partial charge in [-0.3, -0.25) is 0 Å².